The minimum absolute atomic E-state index is 0.159. The van der Waals surface area contributed by atoms with Crippen molar-refractivity contribution < 1.29 is 13.9 Å². The van der Waals surface area contributed by atoms with Gasteiger partial charge in [-0.3, -0.25) is 9.89 Å². The SMILES string of the molecule is N#Cc1ccc([C@@H]([C@H](O)C2CC=CN=C2c2cc(Cl)cc(Cl)c2)N2CCC(F)(F)C2)cc1. The van der Waals surface area contributed by atoms with Crippen LogP contribution in [-0.4, -0.2) is 40.8 Å². The molecule has 2 heterocycles. The van der Waals surface area contributed by atoms with Gasteiger partial charge in [-0.25, -0.2) is 8.78 Å². The van der Waals surface area contributed by atoms with E-state index in [9.17, 15) is 13.9 Å². The molecule has 2 aliphatic rings. The molecule has 2 aromatic carbocycles. The molecule has 166 valence electrons. The van der Waals surface area contributed by atoms with E-state index in [1.807, 2.05) is 6.08 Å². The summed E-state index contributed by atoms with van der Waals surface area (Å²) in [6, 6.07) is 13.1. The van der Waals surface area contributed by atoms with E-state index in [0.29, 0.717) is 38.9 Å². The van der Waals surface area contributed by atoms with E-state index in [1.165, 1.54) is 0 Å². The number of rotatable bonds is 5. The Morgan fingerprint density at radius 1 is 1.16 bits per heavy atom. The fourth-order valence-electron chi connectivity index (χ4n) is 4.44. The maximum Gasteiger partial charge on any atom is 0.261 e. The summed E-state index contributed by atoms with van der Waals surface area (Å²) in [6.07, 6.45) is 2.70. The van der Waals surface area contributed by atoms with Crippen LogP contribution in [0.3, 0.4) is 0 Å². The Hall–Kier alpha value is -2.30. The molecule has 0 spiro atoms. The topological polar surface area (TPSA) is 59.6 Å². The first-order valence-corrected chi connectivity index (χ1v) is 11.0. The van der Waals surface area contributed by atoms with Gasteiger partial charge in [0.25, 0.3) is 5.92 Å². The molecule has 1 saturated heterocycles. The lowest BCUT2D eigenvalue weighted by Crippen LogP contribution is -2.43. The number of aliphatic hydroxyl groups is 1. The fourth-order valence-corrected chi connectivity index (χ4v) is 4.96. The van der Waals surface area contributed by atoms with Gasteiger partial charge in [-0.2, -0.15) is 5.26 Å². The summed E-state index contributed by atoms with van der Waals surface area (Å²) in [5, 5.41) is 21.6. The summed E-state index contributed by atoms with van der Waals surface area (Å²) >= 11 is 12.4. The highest BCUT2D eigenvalue weighted by Crippen LogP contribution is 2.39. The third-order valence-corrected chi connectivity index (χ3v) is 6.36. The van der Waals surface area contributed by atoms with Crippen molar-refractivity contribution in [1.29, 1.82) is 5.26 Å². The smallest absolute Gasteiger partial charge is 0.261 e. The summed E-state index contributed by atoms with van der Waals surface area (Å²) in [6.45, 7) is -0.278. The van der Waals surface area contributed by atoms with E-state index in [1.54, 1.807) is 53.6 Å². The molecule has 0 aromatic heterocycles. The van der Waals surface area contributed by atoms with Crippen molar-refractivity contribution in [2.75, 3.05) is 13.1 Å². The maximum absolute atomic E-state index is 14.1. The zero-order valence-corrected chi connectivity index (χ0v) is 18.6. The number of hydrogen-bond donors (Lipinski definition) is 1. The first kappa shape index (κ1) is 22.9. The summed E-state index contributed by atoms with van der Waals surface area (Å²) in [7, 11) is 0. The molecular formula is C24H21Cl2F2N3O. The quantitative estimate of drug-likeness (QED) is 0.609. The molecule has 1 N–H and O–H groups in total. The average molecular weight is 476 g/mol. The largest absolute Gasteiger partial charge is 0.390 e. The molecule has 0 radical (unpaired) electrons. The normalized spacial score (nSPS) is 22.2. The molecule has 0 bridgehead atoms. The Bertz CT molecular complexity index is 1080. The predicted octanol–water partition coefficient (Wildman–Crippen LogP) is 5.63. The summed E-state index contributed by atoms with van der Waals surface area (Å²) in [5.74, 6) is -3.27. The number of halogens is 4. The van der Waals surface area contributed by atoms with E-state index in [2.05, 4.69) is 11.1 Å². The van der Waals surface area contributed by atoms with Crippen LogP contribution in [-0.2, 0) is 0 Å². The zero-order valence-electron chi connectivity index (χ0n) is 17.1. The number of nitriles is 1. The Morgan fingerprint density at radius 3 is 2.44 bits per heavy atom. The molecule has 32 heavy (non-hydrogen) atoms. The van der Waals surface area contributed by atoms with Crippen molar-refractivity contribution in [3.05, 3.63) is 81.5 Å². The van der Waals surface area contributed by atoms with Crippen LogP contribution in [0.2, 0.25) is 10.0 Å². The molecule has 0 aliphatic carbocycles. The van der Waals surface area contributed by atoms with Crippen molar-refractivity contribution in [2.24, 2.45) is 10.9 Å². The van der Waals surface area contributed by atoms with Crippen LogP contribution in [0.1, 0.15) is 35.6 Å². The highest BCUT2D eigenvalue weighted by molar-refractivity contribution is 6.35. The number of aliphatic imine (C=N–C) groups is 1. The van der Waals surface area contributed by atoms with E-state index in [4.69, 9.17) is 28.5 Å². The molecular weight excluding hydrogens is 455 g/mol. The Balaban J connectivity index is 1.72. The van der Waals surface area contributed by atoms with Crippen LogP contribution in [0.25, 0.3) is 0 Å². The van der Waals surface area contributed by atoms with Crippen molar-refractivity contribution >= 4 is 28.9 Å². The lowest BCUT2D eigenvalue weighted by molar-refractivity contribution is -0.0122. The molecule has 3 atom stereocenters. The Labute approximate surface area is 195 Å². The molecule has 0 saturated carbocycles. The molecule has 1 unspecified atom stereocenters. The molecule has 4 nitrogen and oxygen atoms in total. The minimum Gasteiger partial charge on any atom is -0.390 e. The summed E-state index contributed by atoms with van der Waals surface area (Å²) in [5.41, 5.74) is 2.42. The Kier molecular flexibility index (Phi) is 6.64. The fraction of sp³-hybridized carbons (Fsp3) is 0.333. The average Bonchev–Trinajstić information content (AvgIpc) is 3.12. The number of alkyl halides is 2. The third kappa shape index (κ3) is 4.87. The number of nitrogens with zero attached hydrogens (tertiary/aromatic N) is 3. The van der Waals surface area contributed by atoms with Gasteiger partial charge in [-0.15, -0.1) is 0 Å². The molecule has 0 amide bonds. The Morgan fingerprint density at radius 2 is 1.84 bits per heavy atom. The first-order chi connectivity index (χ1) is 15.3. The second kappa shape index (κ2) is 9.29. The van der Waals surface area contributed by atoms with Crippen molar-refractivity contribution in [3.8, 4) is 6.07 Å². The van der Waals surface area contributed by atoms with Crippen LogP contribution in [0.4, 0.5) is 8.78 Å². The molecule has 2 aromatic rings. The number of hydrogen-bond acceptors (Lipinski definition) is 4. The van der Waals surface area contributed by atoms with Crippen LogP contribution in [0.15, 0.2) is 59.7 Å². The predicted molar refractivity (Wildman–Crippen MR) is 121 cm³/mol. The third-order valence-electron chi connectivity index (χ3n) is 5.93. The van der Waals surface area contributed by atoms with Crippen molar-refractivity contribution in [2.45, 2.75) is 30.9 Å². The lowest BCUT2D eigenvalue weighted by atomic mass is 9.82. The van der Waals surface area contributed by atoms with Gasteiger partial charge in [0.1, 0.15) is 0 Å². The van der Waals surface area contributed by atoms with Crippen molar-refractivity contribution in [1.82, 2.24) is 4.90 Å². The van der Waals surface area contributed by atoms with Gasteiger partial charge in [-0.1, -0.05) is 41.4 Å². The van der Waals surface area contributed by atoms with Gasteiger partial charge < -0.3 is 5.11 Å². The van der Waals surface area contributed by atoms with E-state index in [0.717, 1.165) is 0 Å². The molecule has 8 heteroatoms. The molecule has 2 aliphatic heterocycles. The highest BCUT2D eigenvalue weighted by Gasteiger charge is 2.45. The summed E-state index contributed by atoms with van der Waals surface area (Å²) in [4.78, 5) is 6.11. The first-order valence-electron chi connectivity index (χ1n) is 10.3. The van der Waals surface area contributed by atoms with Gasteiger partial charge >= 0.3 is 0 Å². The van der Waals surface area contributed by atoms with Crippen LogP contribution in [0, 0.1) is 17.2 Å². The standard InChI is InChI=1S/C24H21Cl2F2N3O/c25-18-10-17(11-19(26)12-18)21-20(2-1-8-30-21)23(32)22(31-9-7-24(27,28)14-31)16-5-3-15(13-29)4-6-16/h1,3-6,8,10-12,20,22-23,32H,2,7,9,14H2/t20?,22-,23+/m0/s1. The second-order valence-corrected chi connectivity index (χ2v) is 9.02. The van der Waals surface area contributed by atoms with Gasteiger partial charge in [0, 0.05) is 35.1 Å². The monoisotopic (exact) mass is 475 g/mol. The number of benzene rings is 2. The second-order valence-electron chi connectivity index (χ2n) is 8.15. The zero-order chi connectivity index (χ0) is 22.9. The van der Waals surface area contributed by atoms with Crippen LogP contribution < -0.4 is 0 Å². The van der Waals surface area contributed by atoms with Gasteiger partial charge in [0.15, 0.2) is 0 Å². The van der Waals surface area contributed by atoms with E-state index >= 15 is 0 Å². The van der Waals surface area contributed by atoms with E-state index < -0.39 is 30.5 Å². The maximum atomic E-state index is 14.1. The number of allylic oxidation sites excluding steroid dienone is 1. The van der Waals surface area contributed by atoms with Gasteiger partial charge in [0.2, 0.25) is 0 Å². The van der Waals surface area contributed by atoms with Crippen LogP contribution in [0.5, 0.6) is 0 Å². The molecule has 4 rings (SSSR count). The van der Waals surface area contributed by atoms with Gasteiger partial charge in [-0.05, 0) is 47.9 Å². The highest BCUT2D eigenvalue weighted by atomic mass is 35.5. The van der Waals surface area contributed by atoms with Gasteiger partial charge in [0.05, 0.1) is 36.0 Å². The molecule has 1 fully saturated rings. The number of likely N-dealkylation sites (tertiary alicyclic amines) is 1. The lowest BCUT2D eigenvalue weighted by Gasteiger charge is -2.37. The summed E-state index contributed by atoms with van der Waals surface area (Å²) < 4.78 is 28.2. The number of aliphatic hydroxyl groups excluding tert-OH is 1. The minimum atomic E-state index is -2.81. The van der Waals surface area contributed by atoms with Crippen molar-refractivity contribution in [3.63, 3.8) is 0 Å². The van der Waals surface area contributed by atoms with Crippen LogP contribution >= 0.6 is 23.2 Å². The van der Waals surface area contributed by atoms with E-state index in [-0.39, 0.29) is 13.0 Å².